The molecule has 2 aromatic rings. The van der Waals surface area contributed by atoms with Crippen molar-refractivity contribution in [1.29, 1.82) is 5.26 Å². The van der Waals surface area contributed by atoms with Crippen LogP contribution in [0, 0.1) is 11.3 Å². The summed E-state index contributed by atoms with van der Waals surface area (Å²) in [5.74, 6) is 0.0150. The van der Waals surface area contributed by atoms with E-state index in [0.29, 0.717) is 5.52 Å². The summed E-state index contributed by atoms with van der Waals surface area (Å²) in [5, 5.41) is 9.43. The van der Waals surface area contributed by atoms with Gasteiger partial charge in [-0.15, -0.1) is 0 Å². The standard InChI is InChI=1S/C9H5N4/c10-4-6-3-7-5-12-2-1-8(7)13-9(6)11/h1-3,5,11H. The van der Waals surface area contributed by atoms with Crippen molar-refractivity contribution in [2.24, 2.45) is 0 Å². The van der Waals surface area contributed by atoms with Gasteiger partial charge in [0.2, 0.25) is 0 Å². The van der Waals surface area contributed by atoms with Gasteiger partial charge in [-0.1, -0.05) is 0 Å². The fourth-order valence-electron chi connectivity index (χ4n) is 1.10. The van der Waals surface area contributed by atoms with Crippen LogP contribution in [0.1, 0.15) is 5.56 Å². The van der Waals surface area contributed by atoms with E-state index in [0.717, 1.165) is 5.39 Å². The molecule has 2 rings (SSSR count). The third kappa shape index (κ3) is 1.16. The highest BCUT2D eigenvalue weighted by molar-refractivity contribution is 5.80. The van der Waals surface area contributed by atoms with E-state index < -0.39 is 0 Å². The van der Waals surface area contributed by atoms with Crippen LogP contribution in [0.15, 0.2) is 24.5 Å². The summed E-state index contributed by atoms with van der Waals surface area (Å²) in [6.45, 7) is 0. The van der Waals surface area contributed by atoms with Crippen LogP contribution >= 0.6 is 0 Å². The minimum atomic E-state index is 0.0150. The van der Waals surface area contributed by atoms with Crippen LogP contribution in [0.4, 0.5) is 5.82 Å². The monoisotopic (exact) mass is 169 g/mol. The Hall–Kier alpha value is -2.15. The van der Waals surface area contributed by atoms with E-state index >= 15 is 0 Å². The van der Waals surface area contributed by atoms with Crippen LogP contribution in [0.2, 0.25) is 0 Å². The molecule has 0 aliphatic rings. The van der Waals surface area contributed by atoms with Gasteiger partial charge in [-0.25, -0.2) is 4.98 Å². The number of rotatable bonds is 0. The highest BCUT2D eigenvalue weighted by Crippen LogP contribution is 2.16. The van der Waals surface area contributed by atoms with Gasteiger partial charge in [-0.2, -0.15) is 5.26 Å². The predicted octanol–water partition coefficient (Wildman–Crippen LogP) is 1.42. The lowest BCUT2D eigenvalue weighted by atomic mass is 10.2. The Labute approximate surface area is 74.6 Å². The molecule has 13 heavy (non-hydrogen) atoms. The molecular weight excluding hydrogens is 164 g/mol. The Morgan fingerprint density at radius 3 is 3.08 bits per heavy atom. The Balaban J connectivity index is 2.83. The quantitative estimate of drug-likeness (QED) is 0.598. The van der Waals surface area contributed by atoms with Gasteiger partial charge in [-0.3, -0.25) is 10.7 Å². The molecule has 4 heteroatoms. The molecule has 0 amide bonds. The Bertz CT molecular complexity index is 498. The first kappa shape index (κ1) is 7.50. The van der Waals surface area contributed by atoms with E-state index in [1.807, 2.05) is 6.07 Å². The van der Waals surface area contributed by atoms with Crippen LogP contribution in [0.25, 0.3) is 10.9 Å². The minimum Gasteiger partial charge on any atom is -0.282 e. The molecule has 0 bridgehead atoms. The molecule has 0 fully saturated rings. The molecule has 0 aromatic carbocycles. The zero-order valence-electron chi connectivity index (χ0n) is 6.65. The molecule has 2 aromatic heterocycles. The maximum Gasteiger partial charge on any atom is 0.163 e. The average Bonchev–Trinajstić information content (AvgIpc) is 2.17. The second-order valence-corrected chi connectivity index (χ2v) is 2.56. The third-order valence-electron chi connectivity index (χ3n) is 1.74. The van der Waals surface area contributed by atoms with Crippen molar-refractivity contribution in [3.63, 3.8) is 0 Å². The number of aromatic nitrogens is 2. The Kier molecular flexibility index (Phi) is 1.57. The largest absolute Gasteiger partial charge is 0.282 e. The van der Waals surface area contributed by atoms with E-state index in [1.54, 1.807) is 24.5 Å². The van der Waals surface area contributed by atoms with E-state index in [1.165, 1.54) is 0 Å². The molecular formula is C9H5N4. The molecule has 0 saturated carbocycles. The number of hydrogen-bond acceptors (Lipinski definition) is 3. The van der Waals surface area contributed by atoms with Crippen molar-refractivity contribution >= 4 is 16.7 Å². The lowest BCUT2D eigenvalue weighted by Crippen LogP contribution is -1.87. The first-order valence-electron chi connectivity index (χ1n) is 3.68. The van der Waals surface area contributed by atoms with Gasteiger partial charge < -0.3 is 0 Å². The number of fused-ring (bicyclic) bond motifs is 1. The second kappa shape index (κ2) is 2.72. The second-order valence-electron chi connectivity index (χ2n) is 2.56. The maximum absolute atomic E-state index is 8.65. The van der Waals surface area contributed by atoms with Crippen LogP contribution in [0.5, 0.6) is 0 Å². The van der Waals surface area contributed by atoms with E-state index in [4.69, 9.17) is 11.0 Å². The third-order valence-corrected chi connectivity index (χ3v) is 1.74. The first-order chi connectivity index (χ1) is 6.31. The molecule has 0 aliphatic carbocycles. The molecule has 4 nitrogen and oxygen atoms in total. The normalized spacial score (nSPS) is 9.77. The van der Waals surface area contributed by atoms with Crippen LogP contribution in [0.3, 0.4) is 0 Å². The summed E-state index contributed by atoms with van der Waals surface area (Å²) in [5.41, 5.74) is 8.37. The zero-order valence-corrected chi connectivity index (χ0v) is 6.65. The van der Waals surface area contributed by atoms with Gasteiger partial charge in [0.25, 0.3) is 0 Å². The van der Waals surface area contributed by atoms with Crippen molar-refractivity contribution in [1.82, 2.24) is 15.7 Å². The van der Waals surface area contributed by atoms with Crippen LogP contribution in [-0.4, -0.2) is 9.97 Å². The molecule has 2 heterocycles. The number of pyridine rings is 2. The molecule has 0 aliphatic heterocycles. The van der Waals surface area contributed by atoms with Crippen LogP contribution < -0.4 is 5.73 Å². The predicted molar refractivity (Wildman–Crippen MR) is 47.0 cm³/mol. The Morgan fingerprint density at radius 1 is 1.46 bits per heavy atom. The molecule has 0 spiro atoms. The van der Waals surface area contributed by atoms with Crippen molar-refractivity contribution in [2.45, 2.75) is 0 Å². The smallest absolute Gasteiger partial charge is 0.163 e. The van der Waals surface area contributed by atoms with E-state index in [-0.39, 0.29) is 11.4 Å². The highest BCUT2D eigenvalue weighted by atomic mass is 14.8. The van der Waals surface area contributed by atoms with E-state index in [2.05, 4.69) is 9.97 Å². The molecule has 0 saturated heterocycles. The van der Waals surface area contributed by atoms with Gasteiger partial charge >= 0.3 is 0 Å². The average molecular weight is 169 g/mol. The molecule has 0 unspecified atom stereocenters. The fraction of sp³-hybridized carbons (Fsp3) is 0. The zero-order chi connectivity index (χ0) is 9.26. The molecule has 1 N–H and O–H groups in total. The van der Waals surface area contributed by atoms with Gasteiger partial charge in [-0.05, 0) is 12.1 Å². The lowest BCUT2D eigenvalue weighted by molar-refractivity contribution is 1.26. The summed E-state index contributed by atoms with van der Waals surface area (Å²) in [6.07, 6.45) is 3.24. The molecule has 1 radical (unpaired) electrons. The summed E-state index contributed by atoms with van der Waals surface area (Å²) >= 11 is 0. The summed E-state index contributed by atoms with van der Waals surface area (Å²) in [7, 11) is 0. The number of nitrogens with one attached hydrogen (secondary N) is 1. The highest BCUT2D eigenvalue weighted by Gasteiger charge is 2.02. The van der Waals surface area contributed by atoms with Crippen molar-refractivity contribution in [2.75, 3.05) is 0 Å². The Morgan fingerprint density at radius 2 is 2.31 bits per heavy atom. The van der Waals surface area contributed by atoms with E-state index in [9.17, 15) is 0 Å². The number of hydrogen-bond donors (Lipinski definition) is 0. The fourth-order valence-corrected chi connectivity index (χ4v) is 1.10. The summed E-state index contributed by atoms with van der Waals surface area (Å²) < 4.78 is 0. The maximum atomic E-state index is 8.65. The summed E-state index contributed by atoms with van der Waals surface area (Å²) in [4.78, 5) is 7.86. The van der Waals surface area contributed by atoms with Gasteiger partial charge in [0, 0.05) is 17.8 Å². The first-order valence-corrected chi connectivity index (χ1v) is 3.68. The van der Waals surface area contributed by atoms with Gasteiger partial charge in [0.15, 0.2) is 5.82 Å². The van der Waals surface area contributed by atoms with Gasteiger partial charge in [0.05, 0.1) is 11.1 Å². The van der Waals surface area contributed by atoms with Crippen molar-refractivity contribution < 1.29 is 0 Å². The van der Waals surface area contributed by atoms with Crippen molar-refractivity contribution in [3.8, 4) is 6.07 Å². The topological polar surface area (TPSA) is 73.4 Å². The molecule has 0 atom stereocenters. The van der Waals surface area contributed by atoms with Gasteiger partial charge in [0.1, 0.15) is 6.07 Å². The summed E-state index contributed by atoms with van der Waals surface area (Å²) in [6, 6.07) is 5.25. The minimum absolute atomic E-state index is 0.0150. The van der Waals surface area contributed by atoms with Crippen LogP contribution in [-0.2, 0) is 0 Å². The molecule has 61 valence electrons. The number of nitriles is 1. The lowest BCUT2D eigenvalue weighted by Gasteiger charge is -1.98. The van der Waals surface area contributed by atoms with Crippen molar-refractivity contribution in [3.05, 3.63) is 30.1 Å². The number of nitrogens with zero attached hydrogens (tertiary/aromatic N) is 3. The SMILES string of the molecule is N#Cc1cc2cnccc2nc1[NH].